The van der Waals surface area contributed by atoms with Gasteiger partial charge >= 0.3 is 0 Å². The third-order valence-electron chi connectivity index (χ3n) is 4.56. The van der Waals surface area contributed by atoms with Crippen molar-refractivity contribution in [2.45, 2.75) is 13.8 Å². The second-order valence-electron chi connectivity index (χ2n) is 5.96. The molecule has 2 aromatic rings. The molecule has 1 aliphatic heterocycles. The molecule has 1 N–H and O–H groups in total. The van der Waals surface area contributed by atoms with Gasteiger partial charge in [0.05, 0.1) is 0 Å². The summed E-state index contributed by atoms with van der Waals surface area (Å²) >= 11 is 0. The van der Waals surface area contributed by atoms with Crippen molar-refractivity contribution < 1.29 is 9.59 Å². The van der Waals surface area contributed by atoms with Crippen LogP contribution in [0.15, 0.2) is 30.5 Å². The molecule has 0 radical (unpaired) electrons. The van der Waals surface area contributed by atoms with Crippen LogP contribution in [0.25, 0.3) is 0 Å². The highest BCUT2D eigenvalue weighted by Crippen LogP contribution is 2.24. The lowest BCUT2D eigenvalue weighted by molar-refractivity contribution is 0.0741. The SMILES string of the molecule is Cc1cccc(N2CCN(C(=O)c3cc(C=O)c[nH]3)CC2)c1C. The third kappa shape index (κ3) is 2.99. The molecule has 1 aliphatic rings. The van der Waals surface area contributed by atoms with Crippen molar-refractivity contribution in [3.05, 3.63) is 52.8 Å². The standard InChI is InChI=1S/C18H21N3O2/c1-13-4-3-5-17(14(13)2)20-6-8-21(9-7-20)18(23)16-10-15(12-22)11-19-16/h3-5,10-12,19H,6-9H2,1-2H3. The van der Waals surface area contributed by atoms with Crippen LogP contribution < -0.4 is 4.90 Å². The van der Waals surface area contributed by atoms with Gasteiger partial charge < -0.3 is 14.8 Å². The van der Waals surface area contributed by atoms with E-state index in [1.807, 2.05) is 4.90 Å². The first-order valence-electron chi connectivity index (χ1n) is 7.84. The van der Waals surface area contributed by atoms with Crippen LogP contribution in [0.3, 0.4) is 0 Å². The zero-order chi connectivity index (χ0) is 16.4. The number of hydrogen-bond acceptors (Lipinski definition) is 3. The number of nitrogens with one attached hydrogen (secondary N) is 1. The van der Waals surface area contributed by atoms with Gasteiger partial charge in [0.2, 0.25) is 0 Å². The monoisotopic (exact) mass is 311 g/mol. The summed E-state index contributed by atoms with van der Waals surface area (Å²) in [7, 11) is 0. The zero-order valence-electron chi connectivity index (χ0n) is 13.5. The fraction of sp³-hybridized carbons (Fsp3) is 0.333. The van der Waals surface area contributed by atoms with Crippen LogP contribution in [0.2, 0.25) is 0 Å². The van der Waals surface area contributed by atoms with Gasteiger partial charge in [-0.3, -0.25) is 9.59 Å². The van der Waals surface area contributed by atoms with E-state index in [4.69, 9.17) is 0 Å². The maximum Gasteiger partial charge on any atom is 0.270 e. The fourth-order valence-corrected chi connectivity index (χ4v) is 3.00. The quantitative estimate of drug-likeness (QED) is 0.886. The first-order chi connectivity index (χ1) is 11.1. The number of rotatable bonds is 3. The summed E-state index contributed by atoms with van der Waals surface area (Å²) in [4.78, 5) is 30.2. The van der Waals surface area contributed by atoms with Crippen molar-refractivity contribution in [1.29, 1.82) is 0 Å². The average Bonchev–Trinajstić information content (AvgIpc) is 3.06. The van der Waals surface area contributed by atoms with Crippen LogP contribution >= 0.6 is 0 Å². The first kappa shape index (κ1) is 15.3. The Bertz CT molecular complexity index is 728. The number of carbonyl (C=O) groups is 2. The molecular formula is C18H21N3O2. The van der Waals surface area contributed by atoms with Crippen molar-refractivity contribution in [2.24, 2.45) is 0 Å². The highest BCUT2D eigenvalue weighted by atomic mass is 16.2. The van der Waals surface area contributed by atoms with Gasteiger partial charge in [-0.05, 0) is 37.1 Å². The van der Waals surface area contributed by atoms with E-state index in [0.717, 1.165) is 19.4 Å². The minimum Gasteiger partial charge on any atom is -0.368 e. The number of aldehydes is 1. The molecule has 1 amide bonds. The third-order valence-corrected chi connectivity index (χ3v) is 4.56. The Hall–Kier alpha value is -2.56. The lowest BCUT2D eigenvalue weighted by Gasteiger charge is -2.36. The van der Waals surface area contributed by atoms with Crippen molar-refractivity contribution in [3.8, 4) is 0 Å². The Kier molecular flexibility index (Phi) is 4.19. The highest BCUT2D eigenvalue weighted by Gasteiger charge is 2.24. The van der Waals surface area contributed by atoms with Gasteiger partial charge in [-0.1, -0.05) is 12.1 Å². The van der Waals surface area contributed by atoms with Gasteiger partial charge in [0.1, 0.15) is 5.69 Å². The Balaban J connectivity index is 1.67. The van der Waals surface area contributed by atoms with E-state index in [-0.39, 0.29) is 5.91 Å². The molecule has 0 spiro atoms. The van der Waals surface area contributed by atoms with Gasteiger partial charge in [-0.25, -0.2) is 0 Å². The number of hydrogen-bond donors (Lipinski definition) is 1. The second kappa shape index (κ2) is 6.28. The van der Waals surface area contributed by atoms with E-state index >= 15 is 0 Å². The van der Waals surface area contributed by atoms with Crippen molar-refractivity contribution in [2.75, 3.05) is 31.1 Å². The number of piperazine rings is 1. The number of anilines is 1. The predicted octanol–water partition coefficient (Wildman–Crippen LogP) is 2.41. The Morgan fingerprint density at radius 3 is 2.57 bits per heavy atom. The van der Waals surface area contributed by atoms with Gasteiger partial charge in [0.25, 0.3) is 5.91 Å². The number of H-pyrrole nitrogens is 1. The molecule has 2 heterocycles. The number of benzene rings is 1. The molecular weight excluding hydrogens is 290 g/mol. The number of aromatic nitrogens is 1. The summed E-state index contributed by atoms with van der Waals surface area (Å²) in [5.41, 5.74) is 4.82. The smallest absolute Gasteiger partial charge is 0.270 e. The van der Waals surface area contributed by atoms with E-state index in [2.05, 4.69) is 41.9 Å². The lowest BCUT2D eigenvalue weighted by atomic mass is 10.1. The number of amides is 1. The summed E-state index contributed by atoms with van der Waals surface area (Å²) < 4.78 is 0. The van der Waals surface area contributed by atoms with Gasteiger partial charge in [-0.2, -0.15) is 0 Å². The zero-order valence-corrected chi connectivity index (χ0v) is 13.5. The number of aromatic amines is 1. The number of nitrogens with zero attached hydrogens (tertiary/aromatic N) is 2. The van der Waals surface area contributed by atoms with E-state index < -0.39 is 0 Å². The highest BCUT2D eigenvalue weighted by molar-refractivity contribution is 5.94. The summed E-state index contributed by atoms with van der Waals surface area (Å²) in [6.07, 6.45) is 2.30. The molecule has 0 saturated carbocycles. The molecule has 0 unspecified atom stereocenters. The summed E-state index contributed by atoms with van der Waals surface area (Å²) in [6, 6.07) is 7.94. The molecule has 23 heavy (non-hydrogen) atoms. The summed E-state index contributed by atoms with van der Waals surface area (Å²) in [5.74, 6) is -0.0429. The Morgan fingerprint density at radius 2 is 1.91 bits per heavy atom. The van der Waals surface area contributed by atoms with Crippen LogP contribution in [-0.2, 0) is 0 Å². The van der Waals surface area contributed by atoms with E-state index in [1.165, 1.54) is 16.8 Å². The summed E-state index contributed by atoms with van der Waals surface area (Å²) in [5, 5.41) is 0. The molecule has 3 rings (SSSR count). The number of aryl methyl sites for hydroxylation is 1. The minimum atomic E-state index is -0.0429. The molecule has 1 fully saturated rings. The molecule has 5 nitrogen and oxygen atoms in total. The van der Waals surface area contributed by atoms with E-state index in [1.54, 1.807) is 12.3 Å². The fourth-order valence-electron chi connectivity index (χ4n) is 3.00. The molecule has 0 atom stereocenters. The van der Waals surface area contributed by atoms with Crippen molar-refractivity contribution in [3.63, 3.8) is 0 Å². The Labute approximate surface area is 135 Å². The maximum absolute atomic E-state index is 12.5. The van der Waals surface area contributed by atoms with Gasteiger partial charge in [0.15, 0.2) is 6.29 Å². The van der Waals surface area contributed by atoms with E-state index in [9.17, 15) is 9.59 Å². The van der Waals surface area contributed by atoms with Crippen LogP contribution in [0.1, 0.15) is 32.0 Å². The molecule has 1 saturated heterocycles. The molecule has 5 heteroatoms. The van der Waals surface area contributed by atoms with Gasteiger partial charge in [0, 0.05) is 43.6 Å². The largest absolute Gasteiger partial charge is 0.368 e. The second-order valence-corrected chi connectivity index (χ2v) is 5.96. The normalized spacial score (nSPS) is 14.9. The first-order valence-corrected chi connectivity index (χ1v) is 7.84. The Morgan fingerprint density at radius 1 is 1.17 bits per heavy atom. The molecule has 120 valence electrons. The summed E-state index contributed by atoms with van der Waals surface area (Å²) in [6.45, 7) is 7.26. The van der Waals surface area contributed by atoms with Crippen LogP contribution in [0.4, 0.5) is 5.69 Å². The van der Waals surface area contributed by atoms with E-state index in [0.29, 0.717) is 24.3 Å². The maximum atomic E-state index is 12.5. The minimum absolute atomic E-state index is 0.0429. The predicted molar refractivity (Wildman–Crippen MR) is 90.2 cm³/mol. The van der Waals surface area contributed by atoms with Crippen molar-refractivity contribution >= 4 is 17.9 Å². The molecule has 1 aromatic heterocycles. The van der Waals surface area contributed by atoms with Crippen LogP contribution in [0, 0.1) is 13.8 Å². The topological polar surface area (TPSA) is 56.4 Å². The molecule has 0 bridgehead atoms. The average molecular weight is 311 g/mol. The molecule has 1 aromatic carbocycles. The van der Waals surface area contributed by atoms with Crippen LogP contribution in [0.5, 0.6) is 0 Å². The van der Waals surface area contributed by atoms with Gasteiger partial charge in [-0.15, -0.1) is 0 Å². The molecule has 0 aliphatic carbocycles. The van der Waals surface area contributed by atoms with Crippen molar-refractivity contribution in [1.82, 2.24) is 9.88 Å². The number of carbonyl (C=O) groups excluding carboxylic acids is 2. The lowest BCUT2D eigenvalue weighted by Crippen LogP contribution is -2.49. The van der Waals surface area contributed by atoms with Crippen LogP contribution in [-0.4, -0.2) is 48.3 Å².